The highest BCUT2D eigenvalue weighted by Crippen LogP contribution is 2.54. The summed E-state index contributed by atoms with van der Waals surface area (Å²) in [6.45, 7) is 9.45. The van der Waals surface area contributed by atoms with E-state index < -0.39 is 11.7 Å². The molecule has 116 valence electrons. The SMILES string of the molecule is CC(C)(C)OC(=O)Nc1ncc(C2(C(C)(C)N)CC2)cn1. The number of ether oxygens (including phenoxy) is 1. The van der Waals surface area contributed by atoms with Crippen LogP contribution in [0.4, 0.5) is 10.7 Å². The molecule has 1 aromatic heterocycles. The van der Waals surface area contributed by atoms with Crippen molar-refractivity contribution < 1.29 is 9.53 Å². The summed E-state index contributed by atoms with van der Waals surface area (Å²) in [4.78, 5) is 20.0. The van der Waals surface area contributed by atoms with Crippen LogP contribution in [-0.4, -0.2) is 27.2 Å². The molecule has 2 rings (SSSR count). The molecule has 1 heterocycles. The van der Waals surface area contributed by atoms with Crippen LogP contribution in [-0.2, 0) is 10.2 Å². The highest BCUT2D eigenvalue weighted by Gasteiger charge is 2.54. The molecule has 1 aromatic rings. The lowest BCUT2D eigenvalue weighted by Crippen LogP contribution is -2.45. The van der Waals surface area contributed by atoms with Gasteiger partial charge in [0.25, 0.3) is 0 Å². The highest BCUT2D eigenvalue weighted by molar-refractivity contribution is 5.82. The van der Waals surface area contributed by atoms with Gasteiger partial charge in [0, 0.05) is 23.3 Å². The second-order valence-corrected chi connectivity index (χ2v) is 7.23. The summed E-state index contributed by atoms with van der Waals surface area (Å²) >= 11 is 0. The summed E-state index contributed by atoms with van der Waals surface area (Å²) in [5, 5.41) is 2.52. The summed E-state index contributed by atoms with van der Waals surface area (Å²) < 4.78 is 5.16. The zero-order valence-electron chi connectivity index (χ0n) is 13.4. The fraction of sp³-hybridized carbons (Fsp3) is 0.667. The van der Waals surface area contributed by atoms with E-state index in [1.165, 1.54) is 0 Å². The minimum Gasteiger partial charge on any atom is -0.444 e. The van der Waals surface area contributed by atoms with Gasteiger partial charge >= 0.3 is 6.09 Å². The fourth-order valence-corrected chi connectivity index (χ4v) is 2.46. The molecule has 0 bridgehead atoms. The Kier molecular flexibility index (Phi) is 3.70. The first-order valence-electron chi connectivity index (χ1n) is 7.15. The molecule has 1 aliphatic carbocycles. The number of rotatable bonds is 3. The lowest BCUT2D eigenvalue weighted by Gasteiger charge is -2.30. The first-order valence-corrected chi connectivity index (χ1v) is 7.15. The van der Waals surface area contributed by atoms with Crippen LogP contribution in [0.3, 0.4) is 0 Å². The van der Waals surface area contributed by atoms with E-state index in [2.05, 4.69) is 15.3 Å². The third-order valence-corrected chi connectivity index (χ3v) is 3.80. The van der Waals surface area contributed by atoms with Crippen molar-refractivity contribution in [2.75, 3.05) is 5.32 Å². The number of amides is 1. The van der Waals surface area contributed by atoms with Crippen LogP contribution in [0, 0.1) is 0 Å². The molecule has 0 radical (unpaired) electrons. The van der Waals surface area contributed by atoms with Crippen molar-refractivity contribution in [2.45, 2.75) is 64.0 Å². The number of carbonyl (C=O) groups excluding carboxylic acids is 1. The maximum atomic E-state index is 11.6. The molecule has 3 N–H and O–H groups in total. The Labute approximate surface area is 125 Å². The monoisotopic (exact) mass is 292 g/mol. The second-order valence-electron chi connectivity index (χ2n) is 7.23. The summed E-state index contributed by atoms with van der Waals surface area (Å²) in [5.41, 5.74) is 6.37. The molecular weight excluding hydrogens is 268 g/mol. The fourth-order valence-electron chi connectivity index (χ4n) is 2.46. The molecule has 0 saturated heterocycles. The third kappa shape index (κ3) is 3.50. The van der Waals surface area contributed by atoms with Crippen molar-refractivity contribution in [3.8, 4) is 0 Å². The van der Waals surface area contributed by atoms with Gasteiger partial charge in [-0.3, -0.25) is 5.32 Å². The molecule has 1 saturated carbocycles. The molecule has 1 fully saturated rings. The van der Waals surface area contributed by atoms with Crippen molar-refractivity contribution in [3.63, 3.8) is 0 Å². The zero-order chi connectivity index (χ0) is 15.9. The lowest BCUT2D eigenvalue weighted by molar-refractivity contribution is 0.0634. The number of aromatic nitrogens is 2. The van der Waals surface area contributed by atoms with Gasteiger partial charge in [0.05, 0.1) is 0 Å². The number of anilines is 1. The Bertz CT molecular complexity index is 522. The largest absolute Gasteiger partial charge is 0.444 e. The van der Waals surface area contributed by atoms with Gasteiger partial charge in [0.1, 0.15) is 5.60 Å². The number of carbonyl (C=O) groups is 1. The Morgan fingerprint density at radius 1 is 1.24 bits per heavy atom. The molecule has 1 amide bonds. The summed E-state index contributed by atoms with van der Waals surface area (Å²) in [6, 6.07) is 0. The van der Waals surface area contributed by atoms with Crippen molar-refractivity contribution in [1.82, 2.24) is 9.97 Å². The number of hydrogen-bond donors (Lipinski definition) is 2. The van der Waals surface area contributed by atoms with Gasteiger partial charge in [-0.15, -0.1) is 0 Å². The predicted molar refractivity (Wildman–Crippen MR) is 81.1 cm³/mol. The predicted octanol–water partition coefficient (Wildman–Crippen LogP) is 2.59. The van der Waals surface area contributed by atoms with Gasteiger partial charge < -0.3 is 10.5 Å². The summed E-state index contributed by atoms with van der Waals surface area (Å²) in [6.07, 6.45) is 5.00. The second kappa shape index (κ2) is 4.94. The van der Waals surface area contributed by atoms with Gasteiger partial charge in [-0.05, 0) is 53.0 Å². The quantitative estimate of drug-likeness (QED) is 0.893. The molecule has 1 aliphatic rings. The van der Waals surface area contributed by atoms with Gasteiger partial charge in [-0.1, -0.05) is 0 Å². The molecule has 6 heteroatoms. The molecule has 21 heavy (non-hydrogen) atoms. The normalized spacial score (nSPS) is 17.2. The van der Waals surface area contributed by atoms with E-state index in [0.29, 0.717) is 0 Å². The van der Waals surface area contributed by atoms with Crippen LogP contribution in [0.5, 0.6) is 0 Å². The first kappa shape index (κ1) is 15.7. The molecule has 0 aliphatic heterocycles. The van der Waals surface area contributed by atoms with E-state index in [1.54, 1.807) is 33.2 Å². The molecule has 0 atom stereocenters. The maximum absolute atomic E-state index is 11.6. The van der Waals surface area contributed by atoms with Crippen molar-refractivity contribution in [1.29, 1.82) is 0 Å². The van der Waals surface area contributed by atoms with Gasteiger partial charge in [-0.25, -0.2) is 14.8 Å². The van der Waals surface area contributed by atoms with E-state index in [4.69, 9.17) is 10.5 Å². The number of nitrogens with two attached hydrogens (primary N) is 1. The molecule has 6 nitrogen and oxygen atoms in total. The van der Waals surface area contributed by atoms with E-state index >= 15 is 0 Å². The Morgan fingerprint density at radius 2 is 1.76 bits per heavy atom. The highest BCUT2D eigenvalue weighted by atomic mass is 16.6. The smallest absolute Gasteiger partial charge is 0.414 e. The lowest BCUT2D eigenvalue weighted by atomic mass is 9.80. The average Bonchev–Trinajstić information content (AvgIpc) is 3.07. The van der Waals surface area contributed by atoms with Crippen molar-refractivity contribution in [3.05, 3.63) is 18.0 Å². The maximum Gasteiger partial charge on any atom is 0.414 e. The topological polar surface area (TPSA) is 90.1 Å². The first-order chi connectivity index (χ1) is 9.53. The molecule has 0 unspecified atom stereocenters. The van der Waals surface area contributed by atoms with Crippen LogP contribution in [0.15, 0.2) is 12.4 Å². The Morgan fingerprint density at radius 3 is 2.14 bits per heavy atom. The van der Waals surface area contributed by atoms with Gasteiger partial charge in [-0.2, -0.15) is 0 Å². The Hall–Kier alpha value is -1.69. The molecular formula is C15H24N4O2. The molecule has 0 aromatic carbocycles. The zero-order valence-corrected chi connectivity index (χ0v) is 13.4. The van der Waals surface area contributed by atoms with Crippen LogP contribution < -0.4 is 11.1 Å². The standard InChI is InChI=1S/C15H24N4O2/c1-13(2,3)21-12(20)19-11-17-8-10(9-18-11)15(6-7-15)14(4,5)16/h8-9H,6-7,16H2,1-5H3,(H,17,18,19,20). The van der Waals surface area contributed by atoms with E-state index in [1.807, 2.05) is 13.8 Å². The van der Waals surface area contributed by atoms with Crippen LogP contribution in [0.2, 0.25) is 0 Å². The van der Waals surface area contributed by atoms with Crippen molar-refractivity contribution >= 4 is 12.0 Å². The van der Waals surface area contributed by atoms with E-state index in [0.717, 1.165) is 18.4 Å². The van der Waals surface area contributed by atoms with Crippen molar-refractivity contribution in [2.24, 2.45) is 5.73 Å². The average molecular weight is 292 g/mol. The number of hydrogen-bond acceptors (Lipinski definition) is 5. The van der Waals surface area contributed by atoms with Crippen LogP contribution in [0.25, 0.3) is 0 Å². The van der Waals surface area contributed by atoms with E-state index in [-0.39, 0.29) is 16.9 Å². The third-order valence-electron chi connectivity index (χ3n) is 3.80. The number of nitrogens with one attached hydrogen (secondary N) is 1. The summed E-state index contributed by atoms with van der Waals surface area (Å²) in [5.74, 6) is 0.235. The number of nitrogens with zero attached hydrogens (tertiary/aromatic N) is 2. The molecule has 0 spiro atoms. The van der Waals surface area contributed by atoms with Crippen LogP contribution >= 0.6 is 0 Å². The van der Waals surface area contributed by atoms with Crippen LogP contribution in [0.1, 0.15) is 53.0 Å². The van der Waals surface area contributed by atoms with Gasteiger partial charge in [0.2, 0.25) is 5.95 Å². The summed E-state index contributed by atoms with van der Waals surface area (Å²) in [7, 11) is 0. The van der Waals surface area contributed by atoms with Gasteiger partial charge in [0.15, 0.2) is 0 Å². The minimum atomic E-state index is -0.560. The minimum absolute atomic E-state index is 0.0442. The van der Waals surface area contributed by atoms with E-state index in [9.17, 15) is 4.79 Å². The Balaban J connectivity index is 2.05.